The molecule has 134 valence electrons. The Morgan fingerprint density at radius 2 is 2.20 bits per heavy atom. The third kappa shape index (κ3) is 4.32. The highest BCUT2D eigenvalue weighted by molar-refractivity contribution is 5.91. The van der Waals surface area contributed by atoms with Gasteiger partial charge in [0.2, 0.25) is 11.8 Å². The zero-order valence-corrected chi connectivity index (χ0v) is 14.9. The van der Waals surface area contributed by atoms with Gasteiger partial charge in [0, 0.05) is 25.5 Å². The molecular formula is C17H24N6O2. The van der Waals surface area contributed by atoms with E-state index in [1.54, 1.807) is 16.8 Å². The van der Waals surface area contributed by atoms with E-state index in [2.05, 4.69) is 39.7 Å². The highest BCUT2D eigenvalue weighted by Crippen LogP contribution is 2.24. The molecular weight excluding hydrogens is 320 g/mol. The minimum atomic E-state index is -0.103. The van der Waals surface area contributed by atoms with Gasteiger partial charge in [-0.05, 0) is 31.2 Å². The topological polar surface area (TPSA) is 94.8 Å². The lowest BCUT2D eigenvalue weighted by atomic mass is 9.89. The molecule has 0 saturated carbocycles. The summed E-state index contributed by atoms with van der Waals surface area (Å²) < 4.78 is 7.28. The number of hydrogen-bond donors (Lipinski definition) is 1. The normalized spacial score (nSPS) is 16.6. The number of fused-ring (bicyclic) bond motifs is 1. The highest BCUT2D eigenvalue weighted by Gasteiger charge is 2.28. The van der Waals surface area contributed by atoms with Crippen LogP contribution in [0.25, 0.3) is 0 Å². The molecule has 0 aliphatic heterocycles. The molecule has 0 fully saturated rings. The van der Waals surface area contributed by atoms with Gasteiger partial charge in [0.15, 0.2) is 5.82 Å². The van der Waals surface area contributed by atoms with Crippen LogP contribution in [0, 0.1) is 11.8 Å². The Balaban J connectivity index is 1.54. The molecule has 1 unspecified atom stereocenters. The van der Waals surface area contributed by atoms with Gasteiger partial charge in [0.25, 0.3) is 0 Å². The molecule has 1 atom stereocenters. The van der Waals surface area contributed by atoms with Crippen molar-refractivity contribution in [1.82, 2.24) is 25.2 Å². The SMILES string of the molecule is CC(C)CCOc1ccc(NC(=O)C2CCc3nnn(C)c3C2)nn1. The van der Waals surface area contributed by atoms with E-state index in [4.69, 9.17) is 4.74 Å². The summed E-state index contributed by atoms with van der Waals surface area (Å²) in [5, 5.41) is 19.0. The van der Waals surface area contributed by atoms with Crippen LogP contribution in [0.2, 0.25) is 0 Å². The number of anilines is 1. The monoisotopic (exact) mass is 344 g/mol. The lowest BCUT2D eigenvalue weighted by Gasteiger charge is -2.20. The zero-order chi connectivity index (χ0) is 17.8. The Hall–Kier alpha value is -2.51. The van der Waals surface area contributed by atoms with Crippen LogP contribution in [0.1, 0.15) is 38.1 Å². The predicted molar refractivity (Wildman–Crippen MR) is 92.1 cm³/mol. The van der Waals surface area contributed by atoms with Crippen molar-refractivity contribution in [2.75, 3.05) is 11.9 Å². The largest absolute Gasteiger partial charge is 0.477 e. The third-order valence-corrected chi connectivity index (χ3v) is 4.40. The van der Waals surface area contributed by atoms with E-state index < -0.39 is 0 Å². The minimum Gasteiger partial charge on any atom is -0.477 e. The molecule has 0 spiro atoms. The molecule has 3 rings (SSSR count). The number of amides is 1. The molecule has 0 bridgehead atoms. The van der Waals surface area contributed by atoms with Crippen LogP contribution >= 0.6 is 0 Å². The van der Waals surface area contributed by atoms with Gasteiger partial charge < -0.3 is 10.1 Å². The quantitative estimate of drug-likeness (QED) is 0.858. The summed E-state index contributed by atoms with van der Waals surface area (Å²) in [4.78, 5) is 12.5. The molecule has 8 heteroatoms. The first-order chi connectivity index (χ1) is 12.0. The number of carbonyl (C=O) groups excluding carboxylic acids is 1. The van der Waals surface area contributed by atoms with Gasteiger partial charge in [-0.25, -0.2) is 0 Å². The van der Waals surface area contributed by atoms with Crippen molar-refractivity contribution >= 4 is 11.7 Å². The van der Waals surface area contributed by atoms with Crippen molar-refractivity contribution in [3.8, 4) is 5.88 Å². The van der Waals surface area contributed by atoms with Gasteiger partial charge in [-0.15, -0.1) is 15.3 Å². The molecule has 25 heavy (non-hydrogen) atoms. The number of rotatable bonds is 6. The maximum atomic E-state index is 12.5. The summed E-state index contributed by atoms with van der Waals surface area (Å²) in [6, 6.07) is 3.45. The summed E-state index contributed by atoms with van der Waals surface area (Å²) in [5.41, 5.74) is 2.03. The number of hydrogen-bond acceptors (Lipinski definition) is 6. The molecule has 2 heterocycles. The molecule has 1 aliphatic rings. The first-order valence-corrected chi connectivity index (χ1v) is 8.67. The van der Waals surface area contributed by atoms with Gasteiger partial charge >= 0.3 is 0 Å². The molecule has 1 N–H and O–H groups in total. The van der Waals surface area contributed by atoms with Gasteiger partial charge in [-0.3, -0.25) is 9.48 Å². The molecule has 2 aromatic heterocycles. The molecule has 0 saturated heterocycles. The van der Waals surface area contributed by atoms with E-state index in [1.165, 1.54) is 0 Å². The summed E-state index contributed by atoms with van der Waals surface area (Å²) in [6.45, 7) is 4.90. The number of ether oxygens (including phenoxy) is 1. The number of nitrogens with zero attached hydrogens (tertiary/aromatic N) is 5. The third-order valence-electron chi connectivity index (χ3n) is 4.40. The molecule has 2 aromatic rings. The number of aromatic nitrogens is 5. The zero-order valence-electron chi connectivity index (χ0n) is 14.9. The predicted octanol–water partition coefficient (Wildman–Crippen LogP) is 1.77. The van der Waals surface area contributed by atoms with Crippen LogP contribution in [0.15, 0.2) is 12.1 Å². The Labute approximate surface area is 147 Å². The van der Waals surface area contributed by atoms with Crippen molar-refractivity contribution in [3.63, 3.8) is 0 Å². The average molecular weight is 344 g/mol. The fourth-order valence-electron chi connectivity index (χ4n) is 2.83. The van der Waals surface area contributed by atoms with Gasteiger partial charge in [0.1, 0.15) is 0 Å². The summed E-state index contributed by atoms with van der Waals surface area (Å²) >= 11 is 0. The van der Waals surface area contributed by atoms with Gasteiger partial charge in [-0.1, -0.05) is 19.1 Å². The second-order valence-corrected chi connectivity index (χ2v) is 6.82. The van der Waals surface area contributed by atoms with Crippen LogP contribution in [-0.4, -0.2) is 37.7 Å². The Morgan fingerprint density at radius 1 is 1.36 bits per heavy atom. The number of aryl methyl sites for hydroxylation is 2. The highest BCUT2D eigenvalue weighted by atomic mass is 16.5. The van der Waals surface area contributed by atoms with Crippen molar-refractivity contribution in [2.45, 2.75) is 39.5 Å². The summed E-state index contributed by atoms with van der Waals surface area (Å²) in [7, 11) is 1.86. The average Bonchev–Trinajstić information content (AvgIpc) is 2.97. The van der Waals surface area contributed by atoms with Crippen LogP contribution in [0.3, 0.4) is 0 Å². The van der Waals surface area contributed by atoms with E-state index in [0.717, 1.165) is 30.7 Å². The fraction of sp³-hybridized carbons (Fsp3) is 0.588. The van der Waals surface area contributed by atoms with Crippen molar-refractivity contribution < 1.29 is 9.53 Å². The number of nitrogens with one attached hydrogen (secondary N) is 1. The Bertz CT molecular complexity index is 725. The van der Waals surface area contributed by atoms with E-state index in [9.17, 15) is 4.79 Å². The van der Waals surface area contributed by atoms with Crippen LogP contribution in [0.5, 0.6) is 5.88 Å². The Morgan fingerprint density at radius 3 is 2.92 bits per heavy atom. The molecule has 1 amide bonds. The van der Waals surface area contributed by atoms with Crippen molar-refractivity contribution in [1.29, 1.82) is 0 Å². The van der Waals surface area contributed by atoms with E-state index in [0.29, 0.717) is 30.6 Å². The minimum absolute atomic E-state index is 0.0466. The van der Waals surface area contributed by atoms with Gasteiger partial charge in [0.05, 0.1) is 18.0 Å². The van der Waals surface area contributed by atoms with Crippen LogP contribution in [0.4, 0.5) is 5.82 Å². The number of carbonyl (C=O) groups is 1. The summed E-state index contributed by atoms with van der Waals surface area (Å²) in [6.07, 6.45) is 3.15. The molecule has 8 nitrogen and oxygen atoms in total. The van der Waals surface area contributed by atoms with Crippen molar-refractivity contribution in [2.24, 2.45) is 18.9 Å². The maximum absolute atomic E-state index is 12.5. The first kappa shape index (κ1) is 17.3. The van der Waals surface area contributed by atoms with Crippen molar-refractivity contribution in [3.05, 3.63) is 23.5 Å². The second kappa shape index (κ2) is 7.58. The second-order valence-electron chi connectivity index (χ2n) is 6.82. The van der Waals surface area contributed by atoms with Crippen LogP contribution in [-0.2, 0) is 24.7 Å². The van der Waals surface area contributed by atoms with Gasteiger partial charge in [-0.2, -0.15) is 0 Å². The Kier molecular flexibility index (Phi) is 5.25. The lowest BCUT2D eigenvalue weighted by Crippen LogP contribution is -2.29. The fourth-order valence-corrected chi connectivity index (χ4v) is 2.83. The molecule has 1 aliphatic carbocycles. The smallest absolute Gasteiger partial charge is 0.233 e. The van der Waals surface area contributed by atoms with E-state index >= 15 is 0 Å². The van der Waals surface area contributed by atoms with E-state index in [-0.39, 0.29) is 11.8 Å². The standard InChI is InChI=1S/C17H24N6O2/c1-11(2)8-9-25-16-7-6-15(20-21-16)18-17(24)12-4-5-13-14(10-12)23(3)22-19-13/h6-7,11-12H,4-5,8-10H2,1-3H3,(H,18,20,24). The molecule has 0 aromatic carbocycles. The molecule has 0 radical (unpaired) electrons. The first-order valence-electron chi connectivity index (χ1n) is 8.67. The lowest BCUT2D eigenvalue weighted by molar-refractivity contribution is -0.120. The maximum Gasteiger partial charge on any atom is 0.233 e. The van der Waals surface area contributed by atoms with Crippen LogP contribution < -0.4 is 10.1 Å². The summed E-state index contributed by atoms with van der Waals surface area (Å²) in [5.74, 6) is 1.34. The van der Waals surface area contributed by atoms with E-state index in [1.807, 2.05) is 7.05 Å².